The molecular formula is C17H11F2N3O2. The van der Waals surface area contributed by atoms with E-state index in [1.54, 1.807) is 18.3 Å². The number of halogens is 2. The van der Waals surface area contributed by atoms with E-state index in [1.165, 1.54) is 19.2 Å². The van der Waals surface area contributed by atoms with Crippen LogP contribution in [0.2, 0.25) is 0 Å². The Morgan fingerprint density at radius 1 is 1.25 bits per heavy atom. The summed E-state index contributed by atoms with van der Waals surface area (Å²) >= 11 is 0. The standard InChI is InChI=1S/C17H11F2N3O2/c1-21-17(23)15-11-4-5-22-14(11)7-13(19)16(15)24-10-2-3-12(18)9(6-10)8-20/h2-7,22H,1H3,(H,21,23). The summed E-state index contributed by atoms with van der Waals surface area (Å²) in [5, 5.41) is 11.8. The summed E-state index contributed by atoms with van der Waals surface area (Å²) in [4.78, 5) is 15.0. The summed E-state index contributed by atoms with van der Waals surface area (Å²) in [6.07, 6.45) is 1.58. The topological polar surface area (TPSA) is 77.9 Å². The van der Waals surface area contributed by atoms with Gasteiger partial charge < -0.3 is 15.0 Å². The first-order chi connectivity index (χ1) is 11.5. The number of nitriles is 1. The maximum atomic E-state index is 14.4. The maximum absolute atomic E-state index is 14.4. The number of benzene rings is 2. The molecule has 0 radical (unpaired) electrons. The number of rotatable bonds is 3. The molecule has 0 unspecified atom stereocenters. The van der Waals surface area contributed by atoms with Crippen LogP contribution >= 0.6 is 0 Å². The number of carbonyl (C=O) groups excluding carboxylic acids is 1. The van der Waals surface area contributed by atoms with Crippen LogP contribution in [0.3, 0.4) is 0 Å². The fourth-order valence-electron chi connectivity index (χ4n) is 2.38. The molecule has 7 heteroatoms. The van der Waals surface area contributed by atoms with Crippen LogP contribution in [0.1, 0.15) is 15.9 Å². The van der Waals surface area contributed by atoms with E-state index in [-0.39, 0.29) is 22.6 Å². The van der Waals surface area contributed by atoms with Crippen molar-refractivity contribution in [2.75, 3.05) is 7.05 Å². The number of aromatic nitrogens is 1. The molecule has 1 aromatic heterocycles. The number of carbonyl (C=O) groups is 1. The molecule has 5 nitrogen and oxygen atoms in total. The third kappa shape index (κ3) is 2.54. The van der Waals surface area contributed by atoms with Crippen molar-refractivity contribution in [3.8, 4) is 17.6 Å². The van der Waals surface area contributed by atoms with Crippen molar-refractivity contribution in [3.63, 3.8) is 0 Å². The number of fused-ring (bicyclic) bond motifs is 1. The van der Waals surface area contributed by atoms with Gasteiger partial charge in [-0.25, -0.2) is 8.78 Å². The second kappa shape index (κ2) is 6.01. The number of aromatic amines is 1. The van der Waals surface area contributed by atoms with Crippen LogP contribution in [0, 0.1) is 23.0 Å². The Morgan fingerprint density at radius 2 is 2.04 bits per heavy atom. The monoisotopic (exact) mass is 327 g/mol. The van der Waals surface area contributed by atoms with Gasteiger partial charge in [-0.15, -0.1) is 0 Å². The lowest BCUT2D eigenvalue weighted by Gasteiger charge is -2.13. The van der Waals surface area contributed by atoms with E-state index < -0.39 is 17.5 Å². The zero-order valence-electron chi connectivity index (χ0n) is 12.5. The molecule has 0 saturated carbocycles. The van der Waals surface area contributed by atoms with Gasteiger partial charge in [0.2, 0.25) is 0 Å². The molecule has 0 fully saturated rings. The first-order valence-corrected chi connectivity index (χ1v) is 6.94. The van der Waals surface area contributed by atoms with E-state index in [0.29, 0.717) is 10.9 Å². The van der Waals surface area contributed by atoms with Gasteiger partial charge in [0.05, 0.1) is 11.1 Å². The van der Waals surface area contributed by atoms with Gasteiger partial charge in [-0.3, -0.25) is 4.79 Å². The van der Waals surface area contributed by atoms with Crippen LogP contribution in [0.15, 0.2) is 36.5 Å². The van der Waals surface area contributed by atoms with Crippen molar-refractivity contribution in [2.24, 2.45) is 0 Å². The van der Waals surface area contributed by atoms with Crippen molar-refractivity contribution in [3.05, 3.63) is 59.3 Å². The molecule has 3 aromatic rings. The first-order valence-electron chi connectivity index (χ1n) is 6.94. The molecule has 120 valence electrons. The number of H-pyrrole nitrogens is 1. The van der Waals surface area contributed by atoms with Crippen LogP contribution in [0.25, 0.3) is 10.9 Å². The summed E-state index contributed by atoms with van der Waals surface area (Å²) in [5.74, 6) is -2.25. The van der Waals surface area contributed by atoms with E-state index in [2.05, 4.69) is 10.3 Å². The number of hydrogen-bond acceptors (Lipinski definition) is 3. The molecule has 3 rings (SSSR count). The van der Waals surface area contributed by atoms with E-state index in [0.717, 1.165) is 12.1 Å². The van der Waals surface area contributed by atoms with Crippen LogP contribution in [0.4, 0.5) is 8.78 Å². The Kier molecular flexibility index (Phi) is 3.88. The highest BCUT2D eigenvalue weighted by molar-refractivity contribution is 6.09. The van der Waals surface area contributed by atoms with Gasteiger partial charge in [0.25, 0.3) is 5.91 Å². The van der Waals surface area contributed by atoms with Gasteiger partial charge in [-0.05, 0) is 18.2 Å². The van der Waals surface area contributed by atoms with Gasteiger partial charge in [-0.2, -0.15) is 5.26 Å². The summed E-state index contributed by atoms with van der Waals surface area (Å²) in [6, 6.07) is 7.94. The van der Waals surface area contributed by atoms with Crippen LogP contribution in [-0.2, 0) is 0 Å². The average molecular weight is 327 g/mol. The average Bonchev–Trinajstić information content (AvgIpc) is 3.04. The van der Waals surface area contributed by atoms with Gasteiger partial charge in [0.15, 0.2) is 11.6 Å². The van der Waals surface area contributed by atoms with Crippen molar-refractivity contribution < 1.29 is 18.3 Å². The van der Waals surface area contributed by atoms with E-state index in [4.69, 9.17) is 10.00 Å². The molecule has 24 heavy (non-hydrogen) atoms. The number of nitrogens with one attached hydrogen (secondary N) is 2. The fraction of sp³-hybridized carbons (Fsp3) is 0.0588. The number of amides is 1. The Balaban J connectivity index is 2.17. The van der Waals surface area contributed by atoms with E-state index in [9.17, 15) is 13.6 Å². The molecule has 0 aliphatic heterocycles. The first kappa shape index (κ1) is 15.5. The molecule has 1 amide bonds. The fourth-order valence-corrected chi connectivity index (χ4v) is 2.38. The van der Waals surface area contributed by atoms with Crippen LogP contribution in [-0.4, -0.2) is 17.9 Å². The van der Waals surface area contributed by atoms with Crippen molar-refractivity contribution in [1.82, 2.24) is 10.3 Å². The highest BCUT2D eigenvalue weighted by Crippen LogP contribution is 2.34. The summed E-state index contributed by atoms with van der Waals surface area (Å²) in [7, 11) is 1.42. The third-order valence-corrected chi connectivity index (χ3v) is 3.50. The predicted octanol–water partition coefficient (Wildman–Crippen LogP) is 3.47. The third-order valence-electron chi connectivity index (χ3n) is 3.50. The van der Waals surface area contributed by atoms with Gasteiger partial charge in [0, 0.05) is 36.3 Å². The highest BCUT2D eigenvalue weighted by atomic mass is 19.1. The van der Waals surface area contributed by atoms with Gasteiger partial charge in [-0.1, -0.05) is 0 Å². The minimum Gasteiger partial charge on any atom is -0.453 e. The Hall–Kier alpha value is -3.40. The lowest BCUT2D eigenvalue weighted by Crippen LogP contribution is -2.19. The molecule has 2 aromatic carbocycles. The maximum Gasteiger partial charge on any atom is 0.255 e. The van der Waals surface area contributed by atoms with E-state index >= 15 is 0 Å². The molecular weight excluding hydrogens is 316 g/mol. The summed E-state index contributed by atoms with van der Waals surface area (Å²) in [5.41, 5.74) is 0.212. The SMILES string of the molecule is CNC(=O)c1c(Oc2ccc(F)c(C#N)c2)c(F)cc2[nH]ccc12. The Labute approximate surface area is 135 Å². The molecule has 0 saturated heterocycles. The van der Waals surface area contributed by atoms with Gasteiger partial charge in [0.1, 0.15) is 17.6 Å². The quantitative estimate of drug-likeness (QED) is 0.773. The molecule has 0 spiro atoms. The molecule has 2 N–H and O–H groups in total. The molecule has 1 heterocycles. The smallest absolute Gasteiger partial charge is 0.255 e. The zero-order valence-corrected chi connectivity index (χ0v) is 12.5. The molecule has 0 aliphatic rings. The number of ether oxygens (including phenoxy) is 1. The highest BCUT2D eigenvalue weighted by Gasteiger charge is 2.22. The summed E-state index contributed by atoms with van der Waals surface area (Å²) in [6.45, 7) is 0. The molecule has 0 bridgehead atoms. The lowest BCUT2D eigenvalue weighted by atomic mass is 10.1. The van der Waals surface area contributed by atoms with Crippen molar-refractivity contribution in [1.29, 1.82) is 5.26 Å². The van der Waals surface area contributed by atoms with Crippen LogP contribution in [0.5, 0.6) is 11.5 Å². The van der Waals surface area contributed by atoms with Gasteiger partial charge >= 0.3 is 0 Å². The number of hydrogen-bond donors (Lipinski definition) is 2. The minimum atomic E-state index is -0.758. The lowest BCUT2D eigenvalue weighted by molar-refractivity contribution is 0.0962. The summed E-state index contributed by atoms with van der Waals surface area (Å²) < 4.78 is 33.3. The number of nitrogens with zero attached hydrogens (tertiary/aromatic N) is 1. The van der Waals surface area contributed by atoms with Crippen molar-refractivity contribution in [2.45, 2.75) is 0 Å². The molecule has 0 aliphatic carbocycles. The second-order valence-electron chi connectivity index (χ2n) is 4.94. The molecule has 0 atom stereocenters. The Bertz CT molecular complexity index is 989. The van der Waals surface area contributed by atoms with Crippen molar-refractivity contribution >= 4 is 16.8 Å². The second-order valence-corrected chi connectivity index (χ2v) is 4.94. The predicted molar refractivity (Wildman–Crippen MR) is 82.8 cm³/mol. The zero-order chi connectivity index (χ0) is 17.3. The van der Waals surface area contributed by atoms with Crippen LogP contribution < -0.4 is 10.1 Å². The minimum absolute atomic E-state index is 0.0107. The Morgan fingerprint density at radius 3 is 2.75 bits per heavy atom. The largest absolute Gasteiger partial charge is 0.453 e. The normalized spacial score (nSPS) is 10.4. The van der Waals surface area contributed by atoms with E-state index in [1.807, 2.05) is 0 Å².